The molecule has 17 heavy (non-hydrogen) atoms. The first-order chi connectivity index (χ1) is 8.04. The number of nitrogens with zero attached hydrogens (tertiary/aromatic N) is 1. The van der Waals surface area contributed by atoms with Crippen LogP contribution in [0.3, 0.4) is 0 Å². The van der Waals surface area contributed by atoms with Gasteiger partial charge in [0.1, 0.15) is 12.1 Å². The van der Waals surface area contributed by atoms with Crippen LogP contribution in [0.25, 0.3) is 11.0 Å². The van der Waals surface area contributed by atoms with Crippen molar-refractivity contribution in [2.75, 3.05) is 12.3 Å². The molecule has 0 bridgehead atoms. The number of benzene rings is 1. The van der Waals surface area contributed by atoms with Crippen molar-refractivity contribution in [3.05, 3.63) is 38.4 Å². The molecule has 6 heteroatoms. The summed E-state index contributed by atoms with van der Waals surface area (Å²) in [6.45, 7) is 3.84. The number of anilines is 1. The molecule has 0 saturated carbocycles. The van der Waals surface area contributed by atoms with Crippen LogP contribution in [0.5, 0.6) is 0 Å². The van der Waals surface area contributed by atoms with Gasteiger partial charge in [0.15, 0.2) is 0 Å². The normalized spacial score (nSPS) is 10.7. The second kappa shape index (κ2) is 3.97. The summed E-state index contributed by atoms with van der Waals surface area (Å²) in [4.78, 5) is 30.7. The van der Waals surface area contributed by atoms with E-state index in [0.29, 0.717) is 16.7 Å². The average molecular weight is 235 g/mol. The van der Waals surface area contributed by atoms with E-state index in [9.17, 15) is 9.59 Å². The number of aryl methyl sites for hydroxylation is 1. The lowest BCUT2D eigenvalue weighted by Crippen LogP contribution is -2.39. The fourth-order valence-corrected chi connectivity index (χ4v) is 1.62. The quantitative estimate of drug-likeness (QED) is 0.567. The summed E-state index contributed by atoms with van der Waals surface area (Å²) >= 11 is 0. The summed E-state index contributed by atoms with van der Waals surface area (Å²) in [6, 6.07) is 3.32. The highest BCUT2D eigenvalue weighted by atomic mass is 16.7. The molecule has 2 aromatic rings. The maximum absolute atomic E-state index is 11.6. The third-order valence-electron chi connectivity index (χ3n) is 2.49. The molecule has 0 fully saturated rings. The number of hydrogen-bond donors (Lipinski definition) is 2. The Morgan fingerprint density at radius 2 is 2.12 bits per heavy atom. The van der Waals surface area contributed by atoms with Gasteiger partial charge < -0.3 is 15.6 Å². The minimum absolute atomic E-state index is 0.284. The molecule has 0 radical (unpaired) electrons. The van der Waals surface area contributed by atoms with Gasteiger partial charge in [-0.05, 0) is 31.5 Å². The second-order valence-corrected chi connectivity index (χ2v) is 3.70. The molecule has 0 saturated heterocycles. The summed E-state index contributed by atoms with van der Waals surface area (Å²) < 4.78 is 0.976. The standard InChI is InChI=1S/C11H13N3O3/c1-3-17-14-9-5-7(12)6(2)4-8(9)13-10(15)11(14)16/h4-5H,3,12H2,1-2H3,(H,13,15). The molecule has 0 aliphatic carbocycles. The molecule has 0 spiro atoms. The molecule has 2 rings (SSSR count). The van der Waals surface area contributed by atoms with Gasteiger partial charge in [-0.15, -0.1) is 4.73 Å². The van der Waals surface area contributed by atoms with Crippen LogP contribution in [0.15, 0.2) is 21.7 Å². The van der Waals surface area contributed by atoms with E-state index in [1.165, 1.54) is 0 Å². The molecule has 0 amide bonds. The van der Waals surface area contributed by atoms with Gasteiger partial charge in [0.2, 0.25) is 0 Å². The highest BCUT2D eigenvalue weighted by Crippen LogP contribution is 2.17. The first kappa shape index (κ1) is 11.3. The number of nitrogens with two attached hydrogens (primary N) is 1. The molecule has 1 aromatic carbocycles. The number of H-pyrrole nitrogens is 1. The van der Waals surface area contributed by atoms with Crippen molar-refractivity contribution in [1.29, 1.82) is 0 Å². The monoisotopic (exact) mass is 235 g/mol. The van der Waals surface area contributed by atoms with Crippen LogP contribution in [-0.4, -0.2) is 16.3 Å². The van der Waals surface area contributed by atoms with Gasteiger partial charge in [-0.2, -0.15) is 0 Å². The predicted octanol–water partition coefficient (Wildman–Crippen LogP) is 0.0289. The van der Waals surface area contributed by atoms with Crippen molar-refractivity contribution >= 4 is 16.7 Å². The largest absolute Gasteiger partial charge is 0.410 e. The van der Waals surface area contributed by atoms with Crippen molar-refractivity contribution in [2.24, 2.45) is 0 Å². The molecule has 1 aromatic heterocycles. The summed E-state index contributed by atoms with van der Waals surface area (Å²) in [5, 5.41) is 0. The van der Waals surface area contributed by atoms with Crippen molar-refractivity contribution in [1.82, 2.24) is 9.71 Å². The summed E-state index contributed by atoms with van der Waals surface area (Å²) in [5.74, 6) is 0. The zero-order valence-electron chi connectivity index (χ0n) is 9.61. The van der Waals surface area contributed by atoms with Gasteiger partial charge in [0.25, 0.3) is 0 Å². The van der Waals surface area contributed by atoms with E-state index in [1.54, 1.807) is 19.1 Å². The van der Waals surface area contributed by atoms with Crippen LogP contribution >= 0.6 is 0 Å². The molecule has 0 unspecified atom stereocenters. The maximum Gasteiger partial charge on any atom is 0.349 e. The lowest BCUT2D eigenvalue weighted by atomic mass is 10.2. The number of aromatic amines is 1. The molecule has 0 aliphatic rings. The van der Waals surface area contributed by atoms with Crippen molar-refractivity contribution in [3.63, 3.8) is 0 Å². The van der Waals surface area contributed by atoms with Crippen molar-refractivity contribution in [3.8, 4) is 0 Å². The molecule has 6 nitrogen and oxygen atoms in total. The molecular weight excluding hydrogens is 222 g/mol. The van der Waals surface area contributed by atoms with Crippen LogP contribution in [0, 0.1) is 6.92 Å². The molecule has 1 heterocycles. The topological polar surface area (TPSA) is 90.1 Å². The van der Waals surface area contributed by atoms with E-state index in [4.69, 9.17) is 10.6 Å². The first-order valence-corrected chi connectivity index (χ1v) is 5.23. The number of nitrogens with one attached hydrogen (secondary N) is 1. The van der Waals surface area contributed by atoms with Crippen LogP contribution in [0.4, 0.5) is 5.69 Å². The van der Waals surface area contributed by atoms with Gasteiger partial charge in [-0.25, -0.2) is 0 Å². The highest BCUT2D eigenvalue weighted by molar-refractivity contribution is 5.79. The Hall–Kier alpha value is -2.24. The molecule has 0 atom stereocenters. The van der Waals surface area contributed by atoms with Crippen LogP contribution < -0.4 is 21.7 Å². The Bertz CT molecular complexity index is 685. The molecule has 0 aliphatic heterocycles. The van der Waals surface area contributed by atoms with Gasteiger partial charge in [-0.1, -0.05) is 0 Å². The minimum atomic E-state index is -0.748. The Kier molecular flexibility index (Phi) is 2.63. The minimum Gasteiger partial charge on any atom is -0.410 e. The van der Waals surface area contributed by atoms with E-state index < -0.39 is 11.1 Å². The van der Waals surface area contributed by atoms with E-state index in [-0.39, 0.29) is 6.61 Å². The number of hydrogen-bond acceptors (Lipinski definition) is 4. The Morgan fingerprint density at radius 1 is 1.41 bits per heavy atom. The lowest BCUT2D eigenvalue weighted by molar-refractivity contribution is 0.122. The predicted molar refractivity (Wildman–Crippen MR) is 65.1 cm³/mol. The Morgan fingerprint density at radius 3 is 2.76 bits per heavy atom. The second-order valence-electron chi connectivity index (χ2n) is 3.70. The van der Waals surface area contributed by atoms with E-state index >= 15 is 0 Å². The average Bonchev–Trinajstić information content (AvgIpc) is 2.28. The smallest absolute Gasteiger partial charge is 0.349 e. The molecular formula is C11H13N3O3. The van der Waals surface area contributed by atoms with E-state index in [0.717, 1.165) is 10.3 Å². The number of fused-ring (bicyclic) bond motifs is 1. The van der Waals surface area contributed by atoms with Crippen LogP contribution in [0.2, 0.25) is 0 Å². The zero-order valence-corrected chi connectivity index (χ0v) is 9.61. The first-order valence-electron chi connectivity index (χ1n) is 5.23. The number of aromatic nitrogens is 2. The van der Waals surface area contributed by atoms with Gasteiger partial charge in [0, 0.05) is 5.69 Å². The summed E-state index contributed by atoms with van der Waals surface area (Å²) in [5.41, 5.74) is 6.66. The third-order valence-corrected chi connectivity index (χ3v) is 2.49. The van der Waals surface area contributed by atoms with Gasteiger partial charge in [0.05, 0.1) is 5.52 Å². The number of rotatable bonds is 2. The zero-order chi connectivity index (χ0) is 12.6. The Labute approximate surface area is 96.6 Å². The summed E-state index contributed by atoms with van der Waals surface area (Å²) in [7, 11) is 0. The van der Waals surface area contributed by atoms with Gasteiger partial charge in [-0.3, -0.25) is 9.59 Å². The van der Waals surface area contributed by atoms with Crippen molar-refractivity contribution < 1.29 is 4.84 Å². The van der Waals surface area contributed by atoms with Gasteiger partial charge >= 0.3 is 11.1 Å². The fourth-order valence-electron chi connectivity index (χ4n) is 1.62. The van der Waals surface area contributed by atoms with E-state index in [2.05, 4.69) is 4.98 Å². The van der Waals surface area contributed by atoms with Crippen LogP contribution in [0.1, 0.15) is 12.5 Å². The maximum atomic E-state index is 11.6. The Balaban J connectivity index is 2.93. The lowest BCUT2D eigenvalue weighted by Gasteiger charge is -2.10. The molecule has 3 N–H and O–H groups in total. The molecule has 90 valence electrons. The number of nitrogen functional groups attached to an aromatic ring is 1. The highest BCUT2D eigenvalue weighted by Gasteiger charge is 2.09. The van der Waals surface area contributed by atoms with Crippen LogP contribution in [-0.2, 0) is 0 Å². The summed E-state index contributed by atoms with van der Waals surface area (Å²) in [6.07, 6.45) is 0. The third kappa shape index (κ3) is 1.77. The fraction of sp³-hybridized carbons (Fsp3) is 0.273. The van der Waals surface area contributed by atoms with Crippen molar-refractivity contribution in [2.45, 2.75) is 13.8 Å². The van der Waals surface area contributed by atoms with E-state index in [1.807, 2.05) is 6.92 Å². The SMILES string of the molecule is CCOn1c(=O)c(=O)[nH]c2cc(C)c(N)cc21.